The average molecular weight is 619 g/mol. The maximum absolute atomic E-state index is 12.5. The topological polar surface area (TPSA) is 214 Å². The van der Waals surface area contributed by atoms with Crippen LogP contribution in [0.3, 0.4) is 0 Å². The molecule has 0 aliphatic heterocycles. The van der Waals surface area contributed by atoms with Gasteiger partial charge in [0, 0.05) is 38.2 Å². The fourth-order valence-corrected chi connectivity index (χ4v) is 4.33. The molecule has 0 radical (unpaired) electrons. The van der Waals surface area contributed by atoms with E-state index in [4.69, 9.17) is 0 Å². The van der Waals surface area contributed by atoms with Crippen LogP contribution < -0.4 is 32.6 Å². The molecule has 3 amide bonds. The van der Waals surface area contributed by atoms with Gasteiger partial charge >= 0.3 is 0 Å². The number of nitrogens with one attached hydrogen (secondary N) is 3. The Morgan fingerprint density at radius 1 is 0.511 bits per heavy atom. The molecule has 0 saturated carbocycles. The number of aromatic nitrogens is 3. The van der Waals surface area contributed by atoms with Crippen LogP contribution in [0.25, 0.3) is 0 Å². The molecule has 3 aromatic heterocycles. The number of aromatic hydroxyl groups is 3. The molecule has 4 aromatic rings. The highest BCUT2D eigenvalue weighted by Gasteiger charge is 2.12. The van der Waals surface area contributed by atoms with Crippen LogP contribution in [0.5, 0.6) is 17.2 Å². The third kappa shape index (κ3) is 8.70. The van der Waals surface area contributed by atoms with Crippen molar-refractivity contribution in [2.45, 2.75) is 39.3 Å². The predicted molar refractivity (Wildman–Crippen MR) is 159 cm³/mol. The fraction of sp³-hybridized carbons (Fsp3) is 0.200. The maximum atomic E-state index is 12.5. The van der Waals surface area contributed by atoms with Crippen LogP contribution in [0.15, 0.2) is 87.6 Å². The van der Waals surface area contributed by atoms with E-state index in [-0.39, 0.29) is 39.3 Å². The summed E-state index contributed by atoms with van der Waals surface area (Å²) >= 11 is 0. The van der Waals surface area contributed by atoms with Crippen LogP contribution in [0.4, 0.5) is 0 Å². The van der Waals surface area contributed by atoms with Gasteiger partial charge in [-0.05, 0) is 53.1 Å². The van der Waals surface area contributed by atoms with E-state index in [2.05, 4.69) is 16.0 Å². The number of rotatable bonds is 12. The van der Waals surface area contributed by atoms with Gasteiger partial charge in [0.2, 0.25) is 17.7 Å². The van der Waals surface area contributed by atoms with Gasteiger partial charge in [0.25, 0.3) is 16.7 Å². The minimum absolute atomic E-state index is 0.0203. The van der Waals surface area contributed by atoms with Gasteiger partial charge in [0.15, 0.2) is 17.2 Å². The van der Waals surface area contributed by atoms with E-state index >= 15 is 0 Å². The van der Waals surface area contributed by atoms with E-state index in [1.165, 1.54) is 55.0 Å². The first-order valence-corrected chi connectivity index (χ1v) is 13.6. The molecule has 1 aromatic carbocycles. The van der Waals surface area contributed by atoms with Crippen LogP contribution in [-0.2, 0) is 53.7 Å². The number of pyridine rings is 3. The summed E-state index contributed by atoms with van der Waals surface area (Å²) in [5, 5.41) is 36.9. The first kappa shape index (κ1) is 31.8. The average Bonchev–Trinajstić information content (AvgIpc) is 3.01. The Morgan fingerprint density at radius 2 is 0.778 bits per heavy atom. The molecule has 0 aliphatic rings. The van der Waals surface area contributed by atoms with Gasteiger partial charge in [-0.3, -0.25) is 28.8 Å². The van der Waals surface area contributed by atoms with Crippen molar-refractivity contribution in [1.29, 1.82) is 0 Å². The summed E-state index contributed by atoms with van der Waals surface area (Å²) in [5.74, 6) is -3.00. The smallest absolute Gasteiger partial charge is 0.293 e. The maximum Gasteiger partial charge on any atom is 0.293 e. The molecule has 0 bridgehead atoms. The standard InChI is InChI=1S/C30H30N6O9/c37-22-4-1-7-34(28(22)43)16-25(40)31-13-19-10-20(14-32-26(41)17-35-8-2-5-23(38)29(35)44)12-21(11-19)15-33-27(42)18-36-9-3-6-24(39)30(36)45/h1-12,37-39H,13-18H2,(H,31,40)(H,32,41)(H,33,42). The van der Waals surface area contributed by atoms with Gasteiger partial charge in [-0.2, -0.15) is 0 Å². The number of hydrogen-bond acceptors (Lipinski definition) is 9. The zero-order valence-electron chi connectivity index (χ0n) is 23.8. The first-order chi connectivity index (χ1) is 21.5. The van der Waals surface area contributed by atoms with Crippen LogP contribution >= 0.6 is 0 Å². The number of carbonyl (C=O) groups is 3. The molecule has 234 valence electrons. The number of benzene rings is 1. The molecule has 0 spiro atoms. The molecule has 6 N–H and O–H groups in total. The number of carbonyl (C=O) groups excluding carboxylic acids is 3. The Bertz CT molecular complexity index is 1680. The van der Waals surface area contributed by atoms with Crippen molar-refractivity contribution in [3.8, 4) is 17.2 Å². The Hall–Kier alpha value is -6.12. The minimum atomic E-state index is -0.718. The van der Waals surface area contributed by atoms with Crippen molar-refractivity contribution >= 4 is 17.7 Å². The lowest BCUT2D eigenvalue weighted by molar-refractivity contribution is -0.122. The Labute approximate surface area is 254 Å². The molecule has 4 rings (SSSR count). The quantitative estimate of drug-likeness (QED) is 0.118. The van der Waals surface area contributed by atoms with Gasteiger partial charge in [-0.1, -0.05) is 18.2 Å². The number of amides is 3. The number of hydrogen-bond donors (Lipinski definition) is 6. The zero-order valence-corrected chi connectivity index (χ0v) is 23.8. The zero-order chi connectivity index (χ0) is 32.5. The summed E-state index contributed by atoms with van der Waals surface area (Å²) < 4.78 is 3.15. The molecule has 0 aliphatic carbocycles. The van der Waals surface area contributed by atoms with Gasteiger partial charge in [-0.25, -0.2) is 0 Å². The van der Waals surface area contributed by atoms with E-state index in [0.29, 0.717) is 16.7 Å². The molecule has 15 nitrogen and oxygen atoms in total. The van der Waals surface area contributed by atoms with Crippen molar-refractivity contribution in [3.63, 3.8) is 0 Å². The van der Waals surface area contributed by atoms with Crippen LogP contribution in [0.1, 0.15) is 16.7 Å². The second-order valence-electron chi connectivity index (χ2n) is 9.97. The Kier molecular flexibility index (Phi) is 10.2. The molecular weight excluding hydrogens is 588 g/mol. The summed E-state index contributed by atoms with van der Waals surface area (Å²) in [6, 6.07) is 13.0. The lowest BCUT2D eigenvalue weighted by Gasteiger charge is -2.14. The largest absolute Gasteiger partial charge is 0.503 e. The molecule has 0 unspecified atom stereocenters. The van der Waals surface area contributed by atoms with Gasteiger partial charge in [0.1, 0.15) is 19.6 Å². The van der Waals surface area contributed by atoms with Gasteiger partial charge in [-0.15, -0.1) is 0 Å². The third-order valence-corrected chi connectivity index (χ3v) is 6.52. The lowest BCUT2D eigenvalue weighted by atomic mass is 10.0. The van der Waals surface area contributed by atoms with E-state index in [1.54, 1.807) is 18.2 Å². The molecule has 45 heavy (non-hydrogen) atoms. The Balaban J connectivity index is 1.45. The molecule has 15 heteroatoms. The SMILES string of the molecule is O=C(Cn1cccc(O)c1=O)NCc1cc(CNC(=O)Cn2cccc(O)c2=O)cc(CNC(=O)Cn2cccc(O)c2=O)c1. The monoisotopic (exact) mass is 618 g/mol. The van der Waals surface area contributed by atoms with Crippen molar-refractivity contribution in [2.24, 2.45) is 0 Å². The predicted octanol–water partition coefficient (Wildman–Crippen LogP) is -0.762. The van der Waals surface area contributed by atoms with Crippen molar-refractivity contribution in [3.05, 3.63) is 121 Å². The van der Waals surface area contributed by atoms with Gasteiger partial charge < -0.3 is 45.0 Å². The Morgan fingerprint density at radius 3 is 1.04 bits per heavy atom. The van der Waals surface area contributed by atoms with Crippen molar-refractivity contribution in [2.75, 3.05) is 0 Å². The summed E-state index contributed by atoms with van der Waals surface area (Å²) in [6.45, 7) is -0.955. The fourth-order valence-electron chi connectivity index (χ4n) is 4.33. The summed E-state index contributed by atoms with van der Waals surface area (Å²) in [4.78, 5) is 73.7. The normalized spacial score (nSPS) is 10.7. The summed E-state index contributed by atoms with van der Waals surface area (Å²) in [5.41, 5.74) is -0.374. The lowest BCUT2D eigenvalue weighted by Crippen LogP contribution is -2.32. The van der Waals surface area contributed by atoms with E-state index in [1.807, 2.05) is 0 Å². The van der Waals surface area contributed by atoms with Crippen LogP contribution in [-0.4, -0.2) is 46.7 Å². The third-order valence-electron chi connectivity index (χ3n) is 6.52. The highest BCUT2D eigenvalue weighted by molar-refractivity contribution is 5.77. The van der Waals surface area contributed by atoms with Crippen molar-refractivity contribution in [1.82, 2.24) is 29.7 Å². The van der Waals surface area contributed by atoms with E-state index in [0.717, 1.165) is 13.7 Å². The molecule has 3 heterocycles. The number of nitrogens with zero attached hydrogens (tertiary/aromatic N) is 3. The summed E-state index contributed by atoms with van der Waals surface area (Å²) in [6.07, 6.45) is 4.09. The molecule has 0 fully saturated rings. The molecular formula is C30H30N6O9. The minimum Gasteiger partial charge on any atom is -0.503 e. The summed E-state index contributed by atoms with van der Waals surface area (Å²) in [7, 11) is 0. The first-order valence-electron chi connectivity index (χ1n) is 13.6. The van der Waals surface area contributed by atoms with Crippen LogP contribution in [0, 0.1) is 0 Å². The van der Waals surface area contributed by atoms with Crippen molar-refractivity contribution < 1.29 is 29.7 Å². The second kappa shape index (κ2) is 14.4. The molecule has 0 atom stereocenters. The second-order valence-corrected chi connectivity index (χ2v) is 9.97. The highest BCUT2D eigenvalue weighted by Crippen LogP contribution is 2.12. The van der Waals surface area contributed by atoms with Crippen LogP contribution in [0.2, 0.25) is 0 Å². The van der Waals surface area contributed by atoms with Gasteiger partial charge in [0.05, 0.1) is 0 Å². The highest BCUT2D eigenvalue weighted by atomic mass is 16.3. The van der Waals surface area contributed by atoms with E-state index < -0.39 is 51.6 Å². The molecule has 0 saturated heterocycles. The van der Waals surface area contributed by atoms with E-state index in [9.17, 15) is 44.1 Å².